The predicted octanol–water partition coefficient (Wildman–Crippen LogP) is 1.30. The monoisotopic (exact) mass is 310 g/mol. The molecule has 0 aromatic carbocycles. The minimum atomic E-state index is -0.210. The van der Waals surface area contributed by atoms with Crippen LogP contribution in [0.3, 0.4) is 0 Å². The van der Waals surface area contributed by atoms with Gasteiger partial charge in [-0.05, 0) is 25.7 Å². The molecule has 0 spiro atoms. The Balaban J connectivity index is 1.88. The fourth-order valence-electron chi connectivity index (χ4n) is 2.80. The first-order valence-electron chi connectivity index (χ1n) is 7.90. The van der Waals surface area contributed by atoms with E-state index in [1.807, 2.05) is 11.8 Å². The number of nitrogens with zero attached hydrogens (tertiary/aromatic N) is 3. The van der Waals surface area contributed by atoms with Crippen molar-refractivity contribution in [2.45, 2.75) is 51.7 Å². The Hall–Kier alpha value is -1.47. The van der Waals surface area contributed by atoms with Crippen LogP contribution in [0.4, 0.5) is 0 Å². The predicted molar refractivity (Wildman–Crippen MR) is 81.0 cm³/mol. The van der Waals surface area contributed by atoms with Gasteiger partial charge in [0, 0.05) is 39.1 Å². The Morgan fingerprint density at radius 1 is 1.59 bits per heavy atom. The Morgan fingerprint density at radius 3 is 3.05 bits per heavy atom. The van der Waals surface area contributed by atoms with Crippen molar-refractivity contribution in [3.05, 3.63) is 11.7 Å². The molecule has 0 radical (unpaired) electrons. The fraction of sp³-hybridized carbons (Fsp3) is 0.800. The zero-order valence-electron chi connectivity index (χ0n) is 13.6. The molecule has 1 aromatic rings. The summed E-state index contributed by atoms with van der Waals surface area (Å²) in [7, 11) is 1.59. The standard InChI is InChI=1S/C15H26N4O3/c1-10-6-7-19(12(8-10)9-16)14(20)5-4-13-17-15(18-22-13)11(2)21-3/h10-12H,4-9,16H2,1-3H3. The van der Waals surface area contributed by atoms with Crippen LogP contribution in [-0.2, 0) is 16.0 Å². The minimum absolute atomic E-state index is 0.113. The molecule has 1 aromatic heterocycles. The quantitative estimate of drug-likeness (QED) is 0.851. The summed E-state index contributed by atoms with van der Waals surface area (Å²) in [4.78, 5) is 18.6. The van der Waals surface area contributed by atoms with Crippen LogP contribution in [0.25, 0.3) is 0 Å². The third-order valence-electron chi connectivity index (χ3n) is 4.32. The van der Waals surface area contributed by atoms with Gasteiger partial charge in [-0.25, -0.2) is 0 Å². The number of piperidine rings is 1. The normalized spacial score (nSPS) is 23.5. The Morgan fingerprint density at radius 2 is 2.36 bits per heavy atom. The van der Waals surface area contributed by atoms with E-state index in [0.29, 0.717) is 37.0 Å². The molecule has 22 heavy (non-hydrogen) atoms. The second-order valence-electron chi connectivity index (χ2n) is 6.03. The molecular formula is C15H26N4O3. The Kier molecular flexibility index (Phi) is 5.90. The van der Waals surface area contributed by atoms with Gasteiger partial charge >= 0.3 is 0 Å². The van der Waals surface area contributed by atoms with E-state index in [-0.39, 0.29) is 18.1 Å². The summed E-state index contributed by atoms with van der Waals surface area (Å²) in [6, 6.07) is 0.156. The average Bonchev–Trinajstić information content (AvgIpc) is 3.00. The summed E-state index contributed by atoms with van der Waals surface area (Å²) >= 11 is 0. The Labute approximate surface area is 131 Å². The number of carbonyl (C=O) groups is 1. The zero-order valence-corrected chi connectivity index (χ0v) is 13.6. The van der Waals surface area contributed by atoms with Crippen molar-refractivity contribution in [2.75, 3.05) is 20.2 Å². The molecule has 7 nitrogen and oxygen atoms in total. The molecule has 1 fully saturated rings. The van der Waals surface area contributed by atoms with Gasteiger partial charge in [0.25, 0.3) is 0 Å². The summed E-state index contributed by atoms with van der Waals surface area (Å²) in [6.07, 6.45) is 2.63. The molecule has 0 aliphatic carbocycles. The first-order chi connectivity index (χ1) is 10.5. The van der Waals surface area contributed by atoms with Crippen LogP contribution in [0.15, 0.2) is 4.52 Å². The molecule has 2 rings (SSSR count). The molecule has 1 aliphatic rings. The molecule has 3 unspecified atom stereocenters. The molecule has 1 saturated heterocycles. The third-order valence-corrected chi connectivity index (χ3v) is 4.32. The van der Waals surface area contributed by atoms with Gasteiger partial charge < -0.3 is 19.9 Å². The van der Waals surface area contributed by atoms with Gasteiger partial charge in [-0.3, -0.25) is 4.79 Å². The topological polar surface area (TPSA) is 94.5 Å². The van der Waals surface area contributed by atoms with Crippen molar-refractivity contribution in [2.24, 2.45) is 11.7 Å². The summed E-state index contributed by atoms with van der Waals surface area (Å²) in [5, 5.41) is 3.86. The highest BCUT2D eigenvalue weighted by atomic mass is 16.5. The third kappa shape index (κ3) is 4.04. The van der Waals surface area contributed by atoms with Crippen molar-refractivity contribution in [1.29, 1.82) is 0 Å². The van der Waals surface area contributed by atoms with Crippen LogP contribution in [0.1, 0.15) is 50.9 Å². The maximum absolute atomic E-state index is 12.4. The number of carbonyl (C=O) groups excluding carboxylic acids is 1. The SMILES string of the molecule is COC(C)c1noc(CCC(=O)N2CCC(C)CC2CN)n1. The van der Waals surface area contributed by atoms with Crippen molar-refractivity contribution >= 4 is 5.91 Å². The number of methoxy groups -OCH3 is 1. The van der Waals surface area contributed by atoms with E-state index >= 15 is 0 Å². The summed E-state index contributed by atoms with van der Waals surface area (Å²) in [5.41, 5.74) is 5.80. The van der Waals surface area contributed by atoms with E-state index in [1.54, 1.807) is 7.11 Å². The van der Waals surface area contributed by atoms with Gasteiger partial charge in [-0.15, -0.1) is 0 Å². The van der Waals surface area contributed by atoms with E-state index in [9.17, 15) is 4.79 Å². The van der Waals surface area contributed by atoms with Gasteiger partial charge in [0.15, 0.2) is 5.82 Å². The maximum atomic E-state index is 12.4. The highest BCUT2D eigenvalue weighted by Crippen LogP contribution is 2.23. The summed E-state index contributed by atoms with van der Waals surface area (Å²) in [5.74, 6) is 1.73. The van der Waals surface area contributed by atoms with Crippen LogP contribution < -0.4 is 5.73 Å². The van der Waals surface area contributed by atoms with Gasteiger partial charge in [0.05, 0.1) is 0 Å². The number of ether oxygens (including phenoxy) is 1. The molecule has 7 heteroatoms. The number of aryl methyl sites for hydroxylation is 1. The molecule has 2 heterocycles. The fourth-order valence-corrected chi connectivity index (χ4v) is 2.80. The van der Waals surface area contributed by atoms with Crippen molar-refractivity contribution in [3.63, 3.8) is 0 Å². The molecule has 124 valence electrons. The van der Waals surface area contributed by atoms with E-state index < -0.39 is 0 Å². The van der Waals surface area contributed by atoms with E-state index in [4.69, 9.17) is 15.0 Å². The van der Waals surface area contributed by atoms with E-state index in [2.05, 4.69) is 17.1 Å². The van der Waals surface area contributed by atoms with Crippen molar-refractivity contribution < 1.29 is 14.1 Å². The van der Waals surface area contributed by atoms with Gasteiger partial charge in [0.1, 0.15) is 6.10 Å². The first-order valence-corrected chi connectivity index (χ1v) is 7.90. The maximum Gasteiger partial charge on any atom is 0.227 e. The molecule has 1 amide bonds. The molecular weight excluding hydrogens is 284 g/mol. The highest BCUT2D eigenvalue weighted by molar-refractivity contribution is 5.76. The lowest BCUT2D eigenvalue weighted by Gasteiger charge is -2.38. The highest BCUT2D eigenvalue weighted by Gasteiger charge is 2.28. The second-order valence-corrected chi connectivity index (χ2v) is 6.03. The summed E-state index contributed by atoms with van der Waals surface area (Å²) < 4.78 is 10.3. The number of nitrogens with two attached hydrogens (primary N) is 1. The lowest BCUT2D eigenvalue weighted by molar-refractivity contribution is -0.135. The first kappa shape index (κ1) is 16.9. The number of likely N-dealkylation sites (tertiary alicyclic amines) is 1. The summed E-state index contributed by atoms with van der Waals surface area (Å²) in [6.45, 7) is 5.37. The lowest BCUT2D eigenvalue weighted by Crippen LogP contribution is -2.49. The van der Waals surface area contributed by atoms with Gasteiger partial charge in [-0.2, -0.15) is 4.98 Å². The van der Waals surface area contributed by atoms with Crippen LogP contribution in [0.2, 0.25) is 0 Å². The van der Waals surface area contributed by atoms with E-state index in [0.717, 1.165) is 19.4 Å². The van der Waals surface area contributed by atoms with Crippen LogP contribution in [0.5, 0.6) is 0 Å². The zero-order chi connectivity index (χ0) is 16.1. The molecule has 2 N–H and O–H groups in total. The number of hydrogen-bond acceptors (Lipinski definition) is 6. The molecule has 3 atom stereocenters. The number of rotatable bonds is 6. The molecule has 0 saturated carbocycles. The molecule has 1 aliphatic heterocycles. The van der Waals surface area contributed by atoms with Crippen LogP contribution in [-0.4, -0.2) is 47.2 Å². The Bertz CT molecular complexity index is 491. The van der Waals surface area contributed by atoms with Gasteiger partial charge in [0.2, 0.25) is 11.8 Å². The number of aromatic nitrogens is 2. The largest absolute Gasteiger partial charge is 0.374 e. The smallest absolute Gasteiger partial charge is 0.227 e. The lowest BCUT2D eigenvalue weighted by atomic mass is 9.92. The van der Waals surface area contributed by atoms with Crippen molar-refractivity contribution in [3.8, 4) is 0 Å². The van der Waals surface area contributed by atoms with Gasteiger partial charge in [-0.1, -0.05) is 12.1 Å². The molecule has 0 bridgehead atoms. The average molecular weight is 310 g/mol. The number of amides is 1. The van der Waals surface area contributed by atoms with E-state index in [1.165, 1.54) is 0 Å². The number of hydrogen-bond donors (Lipinski definition) is 1. The van der Waals surface area contributed by atoms with Crippen LogP contribution >= 0.6 is 0 Å². The minimum Gasteiger partial charge on any atom is -0.374 e. The van der Waals surface area contributed by atoms with Crippen LogP contribution in [0, 0.1) is 5.92 Å². The second kappa shape index (κ2) is 7.69. The van der Waals surface area contributed by atoms with Crippen molar-refractivity contribution in [1.82, 2.24) is 15.0 Å².